The second-order valence-corrected chi connectivity index (χ2v) is 13.4. The molecule has 2 rings (SSSR count). The van der Waals surface area contributed by atoms with Gasteiger partial charge >= 0.3 is 17.9 Å². The predicted octanol–water partition coefficient (Wildman–Crippen LogP) is 7.74. The molecule has 0 aromatic heterocycles. The van der Waals surface area contributed by atoms with E-state index >= 15 is 0 Å². The van der Waals surface area contributed by atoms with Crippen molar-refractivity contribution < 1.29 is 48.7 Å². The molecule has 0 bridgehead atoms. The molecule has 10 nitrogen and oxygen atoms in total. The van der Waals surface area contributed by atoms with Crippen LogP contribution in [0.2, 0.25) is 0 Å². The summed E-state index contributed by atoms with van der Waals surface area (Å²) in [6.45, 7) is 15.1. The van der Waals surface area contributed by atoms with Crippen molar-refractivity contribution in [2.24, 2.45) is 5.41 Å². The SMILES string of the molecule is C/C=C/C(C)=C/C=C/C(C)=C/C=C/C=C(C)/C=C/C=C(C)/C=C/C1=C(C)C(=O)C(OC(=O)CCC(=O)OCC(O)C2OC(=O)C(O)=C2O)CC1(C)C. The van der Waals surface area contributed by atoms with E-state index in [1.54, 1.807) is 6.92 Å². The number of carbonyl (C=O) groups excluding carboxylic acids is 4. The summed E-state index contributed by atoms with van der Waals surface area (Å²) in [6.07, 6.45) is 23.4. The van der Waals surface area contributed by atoms with E-state index in [-0.39, 0.29) is 18.6 Å². The van der Waals surface area contributed by atoms with Crippen LogP contribution in [0.4, 0.5) is 0 Å². The van der Waals surface area contributed by atoms with Crippen LogP contribution in [0.15, 0.2) is 130 Å². The van der Waals surface area contributed by atoms with Crippen molar-refractivity contribution in [3.8, 4) is 0 Å². The molecule has 2 aliphatic rings. The first-order valence-electron chi connectivity index (χ1n) is 17.1. The molecule has 0 radical (unpaired) electrons. The van der Waals surface area contributed by atoms with Crippen molar-refractivity contribution in [3.63, 3.8) is 0 Å². The normalized spacial score (nSPS) is 21.5. The van der Waals surface area contributed by atoms with Crippen molar-refractivity contribution in [2.75, 3.05) is 6.61 Å². The smallest absolute Gasteiger partial charge is 0.377 e. The molecule has 3 atom stereocenters. The summed E-state index contributed by atoms with van der Waals surface area (Å²) in [4.78, 5) is 49.1. The Morgan fingerprint density at radius 1 is 0.846 bits per heavy atom. The van der Waals surface area contributed by atoms with Crippen LogP contribution in [0, 0.1) is 5.41 Å². The van der Waals surface area contributed by atoms with Crippen LogP contribution in [-0.4, -0.2) is 63.9 Å². The first-order valence-corrected chi connectivity index (χ1v) is 17.1. The Balaban J connectivity index is 1.90. The quantitative estimate of drug-likeness (QED) is 0.0820. The Hall–Kier alpha value is -5.22. The van der Waals surface area contributed by atoms with Gasteiger partial charge < -0.3 is 29.5 Å². The maximum Gasteiger partial charge on any atom is 0.377 e. The molecule has 0 fully saturated rings. The van der Waals surface area contributed by atoms with Gasteiger partial charge in [-0.2, -0.15) is 0 Å². The molecule has 0 saturated carbocycles. The Bertz CT molecular complexity index is 1700. The largest absolute Gasteiger partial charge is 0.505 e. The van der Waals surface area contributed by atoms with E-state index < -0.39 is 66.2 Å². The Kier molecular flexibility index (Phi) is 17.0. The molecule has 1 heterocycles. The van der Waals surface area contributed by atoms with E-state index in [0.717, 1.165) is 22.3 Å². The molecular formula is C42H52O10. The van der Waals surface area contributed by atoms with E-state index in [0.29, 0.717) is 5.57 Å². The number of rotatable bonds is 16. The zero-order valence-corrected chi connectivity index (χ0v) is 31.3. The molecule has 1 aliphatic carbocycles. The van der Waals surface area contributed by atoms with Gasteiger partial charge in [0.05, 0.1) is 12.8 Å². The second kappa shape index (κ2) is 20.6. The lowest BCUT2D eigenvalue weighted by molar-refractivity contribution is -0.160. The summed E-state index contributed by atoms with van der Waals surface area (Å²) < 4.78 is 15.0. The summed E-state index contributed by atoms with van der Waals surface area (Å²) in [5.74, 6) is -5.04. The number of aliphatic hydroxyl groups excluding tert-OH is 3. The van der Waals surface area contributed by atoms with E-state index in [9.17, 15) is 34.5 Å². The Labute approximate surface area is 306 Å². The first-order chi connectivity index (χ1) is 24.5. The van der Waals surface area contributed by atoms with Gasteiger partial charge in [-0.25, -0.2) is 4.79 Å². The summed E-state index contributed by atoms with van der Waals surface area (Å²) in [5, 5.41) is 29.0. The third kappa shape index (κ3) is 13.8. The van der Waals surface area contributed by atoms with Gasteiger partial charge in [0, 0.05) is 6.42 Å². The number of allylic oxidation sites excluding steroid dienone is 19. The van der Waals surface area contributed by atoms with Crippen LogP contribution >= 0.6 is 0 Å². The van der Waals surface area contributed by atoms with Crippen molar-refractivity contribution >= 4 is 23.7 Å². The lowest BCUT2D eigenvalue weighted by Gasteiger charge is -2.36. The van der Waals surface area contributed by atoms with Crippen molar-refractivity contribution in [3.05, 3.63) is 130 Å². The number of cyclic esters (lactones) is 1. The van der Waals surface area contributed by atoms with Gasteiger partial charge in [-0.3, -0.25) is 14.4 Å². The number of Topliss-reactive ketones (excluding diaryl/α,β-unsaturated/α-hetero) is 1. The first kappa shape index (κ1) is 42.9. The van der Waals surface area contributed by atoms with Crippen LogP contribution in [0.1, 0.15) is 74.7 Å². The Morgan fingerprint density at radius 2 is 1.37 bits per heavy atom. The van der Waals surface area contributed by atoms with E-state index in [2.05, 4.69) is 42.9 Å². The summed E-state index contributed by atoms with van der Waals surface area (Å²) >= 11 is 0. The van der Waals surface area contributed by atoms with Gasteiger partial charge in [-0.15, -0.1) is 0 Å². The molecule has 3 N–H and O–H groups in total. The number of carbonyl (C=O) groups is 4. The van der Waals surface area contributed by atoms with E-state index in [1.807, 2.05) is 95.4 Å². The average molecular weight is 717 g/mol. The highest BCUT2D eigenvalue weighted by Gasteiger charge is 2.41. The van der Waals surface area contributed by atoms with Crippen LogP contribution < -0.4 is 0 Å². The standard InChI is InChI=1S/C42H52O10/c1-9-14-27(2)17-12-18-28(3)15-10-11-16-29(4)19-13-20-30(5)21-22-32-31(6)37(46)34(25-42(32,7)8)51-36(45)24-23-35(44)50-26-33(43)40-38(47)39(48)41(49)52-40/h9-22,33-34,40,43,47-48H,23-26H2,1-8H3/b11-10+,14-9+,18-12+,19-13+,22-21+,27-17+,28-15+,29-16+,30-20+. The van der Waals surface area contributed by atoms with Crippen molar-refractivity contribution in [2.45, 2.75) is 93.0 Å². The minimum atomic E-state index is -1.63. The molecule has 0 spiro atoms. The maximum absolute atomic E-state index is 13.2. The fourth-order valence-electron chi connectivity index (χ4n) is 5.30. The topological polar surface area (TPSA) is 157 Å². The number of ketones is 1. The number of aliphatic hydroxyl groups is 3. The van der Waals surface area contributed by atoms with Gasteiger partial charge in [0.25, 0.3) is 0 Å². The van der Waals surface area contributed by atoms with Crippen LogP contribution in [0.25, 0.3) is 0 Å². The van der Waals surface area contributed by atoms with E-state index in [4.69, 9.17) is 9.47 Å². The third-order valence-electron chi connectivity index (χ3n) is 8.21. The fraction of sp³-hybridized carbons (Fsp3) is 0.381. The summed E-state index contributed by atoms with van der Waals surface area (Å²) in [6, 6.07) is 0. The summed E-state index contributed by atoms with van der Waals surface area (Å²) in [5.41, 5.74) is 5.25. The van der Waals surface area contributed by atoms with Crippen molar-refractivity contribution in [1.82, 2.24) is 0 Å². The van der Waals surface area contributed by atoms with Gasteiger partial charge in [-0.05, 0) is 58.1 Å². The predicted molar refractivity (Wildman–Crippen MR) is 201 cm³/mol. The molecule has 0 amide bonds. The van der Waals surface area contributed by atoms with Gasteiger partial charge in [0.15, 0.2) is 23.8 Å². The molecule has 280 valence electrons. The average Bonchev–Trinajstić information content (AvgIpc) is 3.33. The maximum atomic E-state index is 13.2. The minimum Gasteiger partial charge on any atom is -0.505 e. The third-order valence-corrected chi connectivity index (χ3v) is 8.21. The lowest BCUT2D eigenvalue weighted by Crippen LogP contribution is -2.39. The molecule has 1 aliphatic heterocycles. The van der Waals surface area contributed by atoms with Crippen molar-refractivity contribution in [1.29, 1.82) is 0 Å². The lowest BCUT2D eigenvalue weighted by atomic mass is 9.71. The molecule has 52 heavy (non-hydrogen) atoms. The van der Waals surface area contributed by atoms with Gasteiger partial charge in [0.2, 0.25) is 5.76 Å². The van der Waals surface area contributed by atoms with Crippen LogP contribution in [0.5, 0.6) is 0 Å². The number of ether oxygens (including phenoxy) is 3. The molecule has 0 aromatic rings. The zero-order chi connectivity index (χ0) is 39.0. The highest BCUT2D eigenvalue weighted by Crippen LogP contribution is 2.41. The molecule has 10 heteroatoms. The molecule has 0 saturated heterocycles. The van der Waals surface area contributed by atoms with Crippen LogP contribution in [0.3, 0.4) is 0 Å². The number of hydrogen-bond acceptors (Lipinski definition) is 10. The highest BCUT2D eigenvalue weighted by molar-refractivity contribution is 6.01. The van der Waals surface area contributed by atoms with E-state index in [1.165, 1.54) is 5.57 Å². The zero-order valence-electron chi connectivity index (χ0n) is 31.3. The van der Waals surface area contributed by atoms with Gasteiger partial charge in [0.1, 0.15) is 12.7 Å². The Morgan fingerprint density at radius 3 is 1.90 bits per heavy atom. The van der Waals surface area contributed by atoms with Crippen LogP contribution in [-0.2, 0) is 33.4 Å². The monoisotopic (exact) mass is 716 g/mol. The second-order valence-electron chi connectivity index (χ2n) is 13.4. The molecule has 3 unspecified atom stereocenters. The molecule has 0 aromatic carbocycles. The fourth-order valence-corrected chi connectivity index (χ4v) is 5.30. The number of hydrogen-bond donors (Lipinski definition) is 3. The minimum absolute atomic E-state index is 0.258. The summed E-state index contributed by atoms with van der Waals surface area (Å²) in [7, 11) is 0. The number of esters is 3. The highest BCUT2D eigenvalue weighted by atomic mass is 16.6. The molecular weight excluding hydrogens is 664 g/mol. The van der Waals surface area contributed by atoms with Gasteiger partial charge in [-0.1, -0.05) is 121 Å².